The molecule has 0 unspecified atom stereocenters. The van der Waals surface area contributed by atoms with E-state index < -0.39 is 53.2 Å². The van der Waals surface area contributed by atoms with Crippen LogP contribution in [-0.2, 0) is 30.3 Å². The Morgan fingerprint density at radius 2 is 1.65 bits per heavy atom. The number of nitro groups is 1. The minimum atomic E-state index is -5.19. The number of phosphoric acid groups is 1. The first-order chi connectivity index (χ1) is 18.4. The smallest absolute Gasteiger partial charge is 0.444 e. The average molecular weight is 602 g/mol. The Morgan fingerprint density at radius 1 is 1.07 bits per heavy atom. The number of amides is 1. The van der Waals surface area contributed by atoms with Crippen molar-refractivity contribution >= 4 is 29.6 Å². The van der Waals surface area contributed by atoms with Gasteiger partial charge in [0.1, 0.15) is 11.7 Å². The highest BCUT2D eigenvalue weighted by Gasteiger charge is 2.37. The molecule has 0 bridgehead atoms. The van der Waals surface area contributed by atoms with Gasteiger partial charge in [-0.1, -0.05) is 44.2 Å². The standard InChI is InChI=1S/C25H36N3O10PS/c1-18(2)16-27(40(35,36)21-13-11-20(12-14-21)28(30)31)17-23(38-39(32,33)34)22(15-19-9-7-6-8-10-19)26-24(29)37-25(3,4)5/h6-14,18,22-23H,15-17H2,1-5H3,(H,26,29)(H2,32,33,34)/t22-,23+/m0/s1. The number of rotatable bonds is 13. The molecule has 0 aromatic heterocycles. The van der Waals surface area contributed by atoms with Crippen LogP contribution in [0.4, 0.5) is 10.5 Å². The number of ether oxygens (including phenoxy) is 1. The number of benzene rings is 2. The largest absolute Gasteiger partial charge is 0.469 e. The third-order valence-electron chi connectivity index (χ3n) is 5.36. The summed E-state index contributed by atoms with van der Waals surface area (Å²) in [6, 6.07) is 11.8. The Balaban J connectivity index is 2.54. The summed E-state index contributed by atoms with van der Waals surface area (Å²) in [5.74, 6) is -0.227. The first-order valence-electron chi connectivity index (χ1n) is 12.4. The van der Waals surface area contributed by atoms with Crippen LogP contribution in [0.25, 0.3) is 0 Å². The maximum Gasteiger partial charge on any atom is 0.469 e. The normalized spacial score (nSPS) is 14.1. The predicted molar refractivity (Wildman–Crippen MR) is 147 cm³/mol. The van der Waals surface area contributed by atoms with Crippen LogP contribution < -0.4 is 5.32 Å². The van der Waals surface area contributed by atoms with Crippen LogP contribution in [0.5, 0.6) is 0 Å². The van der Waals surface area contributed by atoms with Crippen molar-refractivity contribution < 1.29 is 41.7 Å². The molecule has 0 heterocycles. The predicted octanol–water partition coefficient (Wildman–Crippen LogP) is 3.86. The van der Waals surface area contributed by atoms with E-state index in [0.29, 0.717) is 5.56 Å². The van der Waals surface area contributed by atoms with Crippen molar-refractivity contribution in [2.24, 2.45) is 5.92 Å². The minimum absolute atomic E-state index is 0.0256. The molecule has 0 saturated carbocycles. The van der Waals surface area contributed by atoms with Crippen LogP contribution in [0.15, 0.2) is 59.5 Å². The van der Waals surface area contributed by atoms with E-state index in [2.05, 4.69) is 5.32 Å². The lowest BCUT2D eigenvalue weighted by Gasteiger charge is -2.33. The highest BCUT2D eigenvalue weighted by molar-refractivity contribution is 7.89. The van der Waals surface area contributed by atoms with Gasteiger partial charge in [0.2, 0.25) is 10.0 Å². The first-order valence-corrected chi connectivity index (χ1v) is 15.4. The van der Waals surface area contributed by atoms with Gasteiger partial charge in [0.25, 0.3) is 5.69 Å². The van der Waals surface area contributed by atoms with Crippen LogP contribution in [-0.4, -0.2) is 64.4 Å². The number of hydrogen-bond donors (Lipinski definition) is 3. The number of carbonyl (C=O) groups is 1. The Kier molecular flexibility index (Phi) is 11.4. The molecule has 0 fully saturated rings. The molecule has 2 atom stereocenters. The van der Waals surface area contributed by atoms with Gasteiger partial charge >= 0.3 is 13.9 Å². The van der Waals surface area contributed by atoms with E-state index in [0.717, 1.165) is 28.6 Å². The van der Waals surface area contributed by atoms with Crippen LogP contribution in [0, 0.1) is 16.0 Å². The second-order valence-corrected chi connectivity index (χ2v) is 13.7. The zero-order chi connectivity index (χ0) is 30.3. The van der Waals surface area contributed by atoms with Gasteiger partial charge in [0.15, 0.2) is 0 Å². The Hall–Kier alpha value is -2.87. The topological polar surface area (TPSA) is 186 Å². The SMILES string of the molecule is CC(C)CN(C[C@@H](OP(=O)(O)O)[C@H](Cc1ccccc1)NC(=O)OC(C)(C)C)S(=O)(=O)c1ccc([N+](=O)[O-])cc1. The maximum absolute atomic E-state index is 13.6. The number of nitro benzene ring substituents is 1. The number of nitrogens with one attached hydrogen (secondary N) is 1. The van der Waals surface area contributed by atoms with E-state index in [1.165, 1.54) is 0 Å². The van der Waals surface area contributed by atoms with Gasteiger partial charge in [-0.05, 0) is 50.8 Å². The molecule has 15 heteroatoms. The molecule has 1 amide bonds. The van der Waals surface area contributed by atoms with E-state index in [9.17, 15) is 37.7 Å². The molecule has 0 aliphatic heterocycles. The molecule has 0 aliphatic carbocycles. The summed E-state index contributed by atoms with van der Waals surface area (Å²) in [6.07, 6.45) is -2.39. The summed E-state index contributed by atoms with van der Waals surface area (Å²) in [5.41, 5.74) is -0.512. The Morgan fingerprint density at radius 3 is 2.12 bits per heavy atom. The summed E-state index contributed by atoms with van der Waals surface area (Å²) >= 11 is 0. The lowest BCUT2D eigenvalue weighted by molar-refractivity contribution is -0.384. The number of hydrogen-bond acceptors (Lipinski definition) is 8. The van der Waals surface area contributed by atoms with Crippen LogP contribution in [0.1, 0.15) is 40.2 Å². The molecule has 2 rings (SSSR count). The summed E-state index contributed by atoms with van der Waals surface area (Å²) < 4.78 is 50.7. The van der Waals surface area contributed by atoms with Gasteiger partial charge in [-0.15, -0.1) is 0 Å². The average Bonchev–Trinajstić information content (AvgIpc) is 2.81. The Bertz CT molecular complexity index is 1290. The molecule has 0 radical (unpaired) electrons. The van der Waals surface area contributed by atoms with Gasteiger partial charge < -0.3 is 19.8 Å². The summed E-state index contributed by atoms with van der Waals surface area (Å²) in [7, 11) is -9.50. The number of carbonyl (C=O) groups excluding carboxylic acids is 1. The fourth-order valence-electron chi connectivity index (χ4n) is 3.78. The van der Waals surface area contributed by atoms with E-state index in [1.54, 1.807) is 65.0 Å². The summed E-state index contributed by atoms with van der Waals surface area (Å²) in [5, 5.41) is 13.6. The Labute approximate surface area is 233 Å². The van der Waals surface area contributed by atoms with E-state index in [4.69, 9.17) is 9.26 Å². The number of sulfonamides is 1. The molecular formula is C25H36N3O10PS. The second kappa shape index (κ2) is 13.7. The van der Waals surface area contributed by atoms with Gasteiger partial charge in [0, 0.05) is 25.2 Å². The zero-order valence-electron chi connectivity index (χ0n) is 23.0. The number of phosphoric ester groups is 1. The van der Waals surface area contributed by atoms with Crippen LogP contribution in [0.2, 0.25) is 0 Å². The maximum atomic E-state index is 13.6. The summed E-state index contributed by atoms with van der Waals surface area (Å²) in [4.78, 5) is 42.3. The van der Waals surface area contributed by atoms with Crippen molar-refractivity contribution in [3.8, 4) is 0 Å². The van der Waals surface area contributed by atoms with Gasteiger partial charge in [-0.25, -0.2) is 17.8 Å². The van der Waals surface area contributed by atoms with Crippen molar-refractivity contribution in [3.63, 3.8) is 0 Å². The third kappa shape index (κ3) is 11.0. The molecule has 40 heavy (non-hydrogen) atoms. The first kappa shape index (κ1) is 33.3. The quantitative estimate of drug-likeness (QED) is 0.173. The van der Waals surface area contributed by atoms with Crippen molar-refractivity contribution in [3.05, 3.63) is 70.3 Å². The molecule has 3 N–H and O–H groups in total. The van der Waals surface area contributed by atoms with Gasteiger partial charge in [-0.2, -0.15) is 4.31 Å². The second-order valence-electron chi connectivity index (χ2n) is 10.5. The minimum Gasteiger partial charge on any atom is -0.444 e. The zero-order valence-corrected chi connectivity index (χ0v) is 24.7. The lowest BCUT2D eigenvalue weighted by Crippen LogP contribution is -2.52. The number of nitrogens with zero attached hydrogens (tertiary/aromatic N) is 2. The molecule has 2 aromatic rings. The van der Waals surface area contributed by atoms with Crippen molar-refractivity contribution in [1.29, 1.82) is 0 Å². The van der Waals surface area contributed by atoms with Gasteiger partial charge in [0.05, 0.1) is 15.9 Å². The van der Waals surface area contributed by atoms with Gasteiger partial charge in [-0.3, -0.25) is 14.6 Å². The highest BCUT2D eigenvalue weighted by atomic mass is 32.2. The van der Waals surface area contributed by atoms with Crippen LogP contribution in [0.3, 0.4) is 0 Å². The molecule has 222 valence electrons. The number of non-ortho nitro benzene ring substituents is 1. The lowest BCUT2D eigenvalue weighted by atomic mass is 10.0. The highest BCUT2D eigenvalue weighted by Crippen LogP contribution is 2.39. The molecule has 0 spiro atoms. The number of alkyl carbamates (subject to hydrolysis) is 1. The van der Waals surface area contributed by atoms with E-state index in [1.807, 2.05) is 0 Å². The molecule has 2 aromatic carbocycles. The fourth-order valence-corrected chi connectivity index (χ4v) is 5.96. The molecule has 0 saturated heterocycles. The fraction of sp³-hybridized carbons (Fsp3) is 0.480. The molecular weight excluding hydrogens is 565 g/mol. The van der Waals surface area contributed by atoms with Crippen molar-refractivity contribution in [2.75, 3.05) is 13.1 Å². The van der Waals surface area contributed by atoms with Crippen LogP contribution >= 0.6 is 7.82 Å². The molecule has 13 nitrogen and oxygen atoms in total. The monoisotopic (exact) mass is 601 g/mol. The van der Waals surface area contributed by atoms with Crippen molar-refractivity contribution in [1.82, 2.24) is 9.62 Å². The molecule has 0 aliphatic rings. The summed E-state index contributed by atoms with van der Waals surface area (Å²) in [6.45, 7) is 7.78. The third-order valence-corrected chi connectivity index (χ3v) is 7.75. The van der Waals surface area contributed by atoms with E-state index >= 15 is 0 Å². The van der Waals surface area contributed by atoms with Crippen molar-refractivity contribution in [2.45, 2.75) is 63.7 Å². The van der Waals surface area contributed by atoms with E-state index in [-0.39, 0.29) is 29.5 Å².